The predicted octanol–water partition coefficient (Wildman–Crippen LogP) is 2.39. The Morgan fingerprint density at radius 2 is 1.72 bits per heavy atom. The number of nitrogens with one attached hydrogen (secondary N) is 2. The van der Waals surface area contributed by atoms with Crippen LogP contribution in [0.5, 0.6) is 0 Å². The van der Waals surface area contributed by atoms with E-state index in [0.717, 1.165) is 25.0 Å². The molecule has 0 spiro atoms. The largest absolute Gasteiger partial charge is 0.357 e. The smallest absolute Gasteiger partial charge is 0.191 e. The van der Waals surface area contributed by atoms with Crippen molar-refractivity contribution in [3.63, 3.8) is 0 Å². The van der Waals surface area contributed by atoms with Gasteiger partial charge in [0.1, 0.15) is 0 Å². The topological polar surface area (TPSA) is 42.9 Å². The van der Waals surface area contributed by atoms with Gasteiger partial charge in [0.25, 0.3) is 0 Å². The zero-order chi connectivity index (χ0) is 18.2. The molecule has 25 heavy (non-hydrogen) atoms. The van der Waals surface area contributed by atoms with Gasteiger partial charge in [-0.1, -0.05) is 20.8 Å². The van der Waals surface area contributed by atoms with E-state index in [1.807, 2.05) is 0 Å². The Morgan fingerprint density at radius 3 is 2.28 bits per heavy atom. The molecule has 0 aromatic carbocycles. The van der Waals surface area contributed by atoms with Crippen molar-refractivity contribution in [3.8, 4) is 0 Å². The molecule has 0 bridgehead atoms. The van der Waals surface area contributed by atoms with E-state index in [1.165, 1.54) is 51.9 Å². The summed E-state index contributed by atoms with van der Waals surface area (Å²) in [5.74, 6) is 2.53. The Hall–Kier alpha value is -0.810. The SMILES string of the molecule is CCNC(=NCC(C(C)C)N1CCN(C)CC1)NC1CCC(C)CC1. The highest BCUT2D eigenvalue weighted by Gasteiger charge is 2.25. The Labute approximate surface area is 155 Å². The second-order valence-electron chi connectivity index (χ2n) is 8.47. The van der Waals surface area contributed by atoms with Crippen LogP contribution in [-0.4, -0.2) is 74.2 Å². The van der Waals surface area contributed by atoms with Crippen LogP contribution in [-0.2, 0) is 0 Å². The van der Waals surface area contributed by atoms with Gasteiger partial charge in [0.2, 0.25) is 0 Å². The lowest BCUT2D eigenvalue weighted by Crippen LogP contribution is -2.52. The molecule has 1 aliphatic carbocycles. The lowest BCUT2D eigenvalue weighted by atomic mass is 9.87. The first-order valence-corrected chi connectivity index (χ1v) is 10.5. The van der Waals surface area contributed by atoms with Crippen molar-refractivity contribution >= 4 is 5.96 Å². The highest BCUT2D eigenvalue weighted by molar-refractivity contribution is 5.80. The summed E-state index contributed by atoms with van der Waals surface area (Å²) in [5.41, 5.74) is 0. The van der Waals surface area contributed by atoms with Crippen LogP contribution in [0.2, 0.25) is 0 Å². The summed E-state index contributed by atoms with van der Waals surface area (Å²) < 4.78 is 0. The van der Waals surface area contributed by atoms with E-state index in [4.69, 9.17) is 4.99 Å². The maximum absolute atomic E-state index is 4.98. The number of piperazine rings is 1. The van der Waals surface area contributed by atoms with Crippen molar-refractivity contribution in [2.45, 2.75) is 65.5 Å². The van der Waals surface area contributed by atoms with Crippen LogP contribution in [0.3, 0.4) is 0 Å². The van der Waals surface area contributed by atoms with Gasteiger partial charge in [0.05, 0.1) is 6.54 Å². The van der Waals surface area contributed by atoms with Crippen LogP contribution in [0, 0.1) is 11.8 Å². The maximum Gasteiger partial charge on any atom is 0.191 e. The van der Waals surface area contributed by atoms with Gasteiger partial charge in [0, 0.05) is 44.8 Å². The lowest BCUT2D eigenvalue weighted by molar-refractivity contribution is 0.0925. The fraction of sp³-hybridized carbons (Fsp3) is 0.950. The first-order valence-electron chi connectivity index (χ1n) is 10.5. The number of likely N-dealkylation sites (N-methyl/N-ethyl adjacent to an activating group) is 1. The highest BCUT2D eigenvalue weighted by atomic mass is 15.3. The van der Waals surface area contributed by atoms with Crippen molar-refractivity contribution < 1.29 is 0 Å². The fourth-order valence-electron chi connectivity index (χ4n) is 4.00. The first-order chi connectivity index (χ1) is 12.0. The summed E-state index contributed by atoms with van der Waals surface area (Å²) in [5, 5.41) is 7.15. The third kappa shape index (κ3) is 6.78. The van der Waals surface area contributed by atoms with Gasteiger partial charge < -0.3 is 15.5 Å². The summed E-state index contributed by atoms with van der Waals surface area (Å²) in [6.07, 6.45) is 5.23. The minimum atomic E-state index is 0.538. The van der Waals surface area contributed by atoms with Gasteiger partial charge >= 0.3 is 0 Å². The van der Waals surface area contributed by atoms with Crippen LogP contribution < -0.4 is 10.6 Å². The van der Waals surface area contributed by atoms with Gasteiger partial charge in [0.15, 0.2) is 5.96 Å². The zero-order valence-electron chi connectivity index (χ0n) is 17.2. The summed E-state index contributed by atoms with van der Waals surface area (Å²) in [7, 11) is 2.22. The second kappa shape index (κ2) is 10.4. The third-order valence-electron chi connectivity index (χ3n) is 5.91. The average Bonchev–Trinajstić information content (AvgIpc) is 2.58. The minimum Gasteiger partial charge on any atom is -0.357 e. The third-order valence-corrected chi connectivity index (χ3v) is 5.91. The molecule has 1 unspecified atom stereocenters. The Kier molecular flexibility index (Phi) is 8.50. The normalized spacial score (nSPS) is 28.2. The Balaban J connectivity index is 1.92. The Bertz CT molecular complexity index is 393. The monoisotopic (exact) mass is 351 g/mol. The van der Waals surface area contributed by atoms with Crippen LogP contribution in [0.4, 0.5) is 0 Å². The molecule has 1 heterocycles. The molecule has 0 amide bonds. The molecule has 5 heteroatoms. The number of aliphatic imine (C=N–C) groups is 1. The van der Waals surface area contributed by atoms with E-state index >= 15 is 0 Å². The van der Waals surface area contributed by atoms with Gasteiger partial charge in [-0.2, -0.15) is 0 Å². The van der Waals surface area contributed by atoms with Gasteiger partial charge in [-0.05, 0) is 51.5 Å². The van der Waals surface area contributed by atoms with Crippen molar-refractivity contribution in [1.29, 1.82) is 0 Å². The molecule has 1 aliphatic heterocycles. The first kappa shape index (κ1) is 20.5. The van der Waals surface area contributed by atoms with Crippen LogP contribution >= 0.6 is 0 Å². The van der Waals surface area contributed by atoms with E-state index in [1.54, 1.807) is 0 Å². The molecule has 1 saturated heterocycles. The van der Waals surface area contributed by atoms with Crippen LogP contribution in [0.1, 0.15) is 53.4 Å². The molecule has 2 rings (SSSR count). The van der Waals surface area contributed by atoms with Gasteiger partial charge in [-0.3, -0.25) is 9.89 Å². The molecule has 2 fully saturated rings. The van der Waals surface area contributed by atoms with Crippen molar-refractivity contribution in [2.75, 3.05) is 46.3 Å². The summed E-state index contributed by atoms with van der Waals surface area (Å²) in [6.45, 7) is 15.7. The van der Waals surface area contributed by atoms with Crippen LogP contribution in [0.25, 0.3) is 0 Å². The van der Waals surface area contributed by atoms with Crippen molar-refractivity contribution in [2.24, 2.45) is 16.8 Å². The maximum atomic E-state index is 4.98. The molecule has 2 N–H and O–H groups in total. The molecule has 146 valence electrons. The summed E-state index contributed by atoms with van der Waals surface area (Å²) in [4.78, 5) is 10.0. The quantitative estimate of drug-likeness (QED) is 0.570. The molecule has 5 nitrogen and oxygen atoms in total. The van der Waals surface area contributed by atoms with Crippen molar-refractivity contribution in [1.82, 2.24) is 20.4 Å². The highest BCUT2D eigenvalue weighted by Crippen LogP contribution is 2.23. The second-order valence-corrected chi connectivity index (χ2v) is 8.47. The lowest BCUT2D eigenvalue weighted by Gasteiger charge is -2.39. The van der Waals surface area contributed by atoms with Crippen LogP contribution in [0.15, 0.2) is 4.99 Å². The van der Waals surface area contributed by atoms with Gasteiger partial charge in [-0.15, -0.1) is 0 Å². The standard InChI is InChI=1S/C20H41N5/c1-6-21-20(23-18-9-7-17(4)8-10-18)22-15-19(16(2)3)25-13-11-24(5)12-14-25/h16-19H,6-15H2,1-5H3,(H2,21,22,23). The number of rotatable bonds is 6. The number of hydrogen-bond acceptors (Lipinski definition) is 3. The Morgan fingerprint density at radius 1 is 1.08 bits per heavy atom. The zero-order valence-corrected chi connectivity index (χ0v) is 17.2. The molecule has 0 radical (unpaired) electrons. The number of hydrogen-bond donors (Lipinski definition) is 2. The predicted molar refractivity (Wildman–Crippen MR) is 108 cm³/mol. The van der Waals surface area contributed by atoms with E-state index in [-0.39, 0.29) is 0 Å². The van der Waals surface area contributed by atoms with E-state index in [0.29, 0.717) is 18.0 Å². The van der Waals surface area contributed by atoms with E-state index in [9.17, 15) is 0 Å². The number of guanidine groups is 1. The molecule has 1 saturated carbocycles. The molecule has 0 aromatic rings. The molecule has 0 aromatic heterocycles. The number of nitrogens with zero attached hydrogens (tertiary/aromatic N) is 3. The molecular weight excluding hydrogens is 310 g/mol. The average molecular weight is 352 g/mol. The summed E-state index contributed by atoms with van der Waals surface area (Å²) >= 11 is 0. The van der Waals surface area contributed by atoms with E-state index in [2.05, 4.69) is 55.2 Å². The minimum absolute atomic E-state index is 0.538. The molecule has 1 atom stereocenters. The van der Waals surface area contributed by atoms with E-state index < -0.39 is 0 Å². The molecular formula is C20H41N5. The van der Waals surface area contributed by atoms with Gasteiger partial charge in [-0.25, -0.2) is 0 Å². The summed E-state index contributed by atoms with van der Waals surface area (Å²) in [6, 6.07) is 1.13. The van der Waals surface area contributed by atoms with Crippen molar-refractivity contribution in [3.05, 3.63) is 0 Å². The fourth-order valence-corrected chi connectivity index (χ4v) is 4.00. The molecule has 2 aliphatic rings.